The van der Waals surface area contributed by atoms with Gasteiger partial charge in [0.15, 0.2) is 0 Å². The highest BCUT2D eigenvalue weighted by atomic mass is 19.1. The Labute approximate surface area is 222 Å². The predicted octanol–water partition coefficient (Wildman–Crippen LogP) is 6.28. The van der Waals surface area contributed by atoms with Gasteiger partial charge in [-0.2, -0.15) is 9.49 Å². The number of nitrogens with zero attached hydrogens (tertiary/aromatic N) is 4. The first kappa shape index (κ1) is 24.9. The fourth-order valence-electron chi connectivity index (χ4n) is 6.04. The summed E-state index contributed by atoms with van der Waals surface area (Å²) in [6, 6.07) is 13.9. The third-order valence-electron chi connectivity index (χ3n) is 8.47. The first-order valence-electron chi connectivity index (χ1n) is 13.8. The normalized spacial score (nSPS) is 20.7. The van der Waals surface area contributed by atoms with E-state index in [2.05, 4.69) is 34.3 Å². The van der Waals surface area contributed by atoms with Crippen LogP contribution in [0.25, 0.3) is 11.1 Å². The Balaban J connectivity index is 1.27. The van der Waals surface area contributed by atoms with E-state index in [9.17, 15) is 9.90 Å². The van der Waals surface area contributed by atoms with Gasteiger partial charge in [0, 0.05) is 36.8 Å². The lowest BCUT2D eigenvalue weighted by molar-refractivity contribution is 0.119. The number of piperidine rings is 1. The number of likely N-dealkylation sites (tertiary alicyclic amines) is 1. The van der Waals surface area contributed by atoms with Crippen LogP contribution >= 0.6 is 0 Å². The molecular weight excluding hydrogens is 483 g/mol. The second kappa shape index (κ2) is 10.4. The average Bonchev–Trinajstić information content (AvgIpc) is 3.27. The molecule has 6 rings (SSSR count). The minimum absolute atomic E-state index is 0.00718. The molecule has 3 heterocycles. The molecule has 0 radical (unpaired) electrons. The van der Waals surface area contributed by atoms with Crippen molar-refractivity contribution in [3.63, 3.8) is 0 Å². The average molecular weight is 519 g/mol. The Kier molecular flexibility index (Phi) is 6.82. The van der Waals surface area contributed by atoms with E-state index in [-0.39, 0.29) is 24.1 Å². The van der Waals surface area contributed by atoms with Gasteiger partial charge in [0.05, 0.1) is 29.6 Å². The van der Waals surface area contributed by atoms with E-state index in [4.69, 9.17) is 4.74 Å². The molecule has 2 aliphatic heterocycles. The van der Waals surface area contributed by atoms with Gasteiger partial charge in [0.2, 0.25) is 5.95 Å². The molecule has 3 aromatic rings. The van der Waals surface area contributed by atoms with E-state index < -0.39 is 6.09 Å². The molecule has 200 valence electrons. The SMILES string of the molecule is CC1CCc2c(ccc(-c3cnn(C4CCN(Cc5ccccc5)CC4)c3F)c2OC2CCC2)N1C(=O)O. The van der Waals surface area contributed by atoms with Crippen LogP contribution in [0, 0.1) is 5.95 Å². The van der Waals surface area contributed by atoms with Crippen molar-refractivity contribution in [2.24, 2.45) is 0 Å². The van der Waals surface area contributed by atoms with Crippen molar-refractivity contribution >= 4 is 11.8 Å². The number of carboxylic acid groups (broad SMARTS) is 1. The van der Waals surface area contributed by atoms with Gasteiger partial charge in [0.25, 0.3) is 0 Å². The predicted molar refractivity (Wildman–Crippen MR) is 144 cm³/mol. The zero-order valence-corrected chi connectivity index (χ0v) is 21.9. The van der Waals surface area contributed by atoms with Gasteiger partial charge in [-0.1, -0.05) is 30.3 Å². The number of benzene rings is 2. The number of aromatic nitrogens is 2. The largest absolute Gasteiger partial charge is 0.489 e. The van der Waals surface area contributed by atoms with Crippen LogP contribution in [0.5, 0.6) is 5.75 Å². The number of ether oxygens (including phenoxy) is 1. The smallest absolute Gasteiger partial charge is 0.412 e. The van der Waals surface area contributed by atoms with Crippen LogP contribution in [0.15, 0.2) is 48.7 Å². The third-order valence-corrected chi connectivity index (χ3v) is 8.47. The Morgan fingerprint density at radius 1 is 1.05 bits per heavy atom. The highest BCUT2D eigenvalue weighted by molar-refractivity contribution is 5.91. The summed E-state index contributed by atoms with van der Waals surface area (Å²) in [6.45, 7) is 4.62. The van der Waals surface area contributed by atoms with Crippen molar-refractivity contribution in [3.8, 4) is 16.9 Å². The minimum atomic E-state index is -0.974. The monoisotopic (exact) mass is 518 g/mol. The van der Waals surface area contributed by atoms with Crippen molar-refractivity contribution in [1.82, 2.24) is 14.7 Å². The topological polar surface area (TPSA) is 70.8 Å². The molecule has 1 amide bonds. The summed E-state index contributed by atoms with van der Waals surface area (Å²) in [5, 5.41) is 14.4. The standard InChI is InChI=1S/C30H35FN4O3/c1-20-10-11-25-27(34(20)30(36)37)13-12-24(28(25)38-23-8-5-9-23)26-18-32-35(29(26)31)22-14-16-33(17-15-22)19-21-6-3-2-4-7-21/h2-4,6-7,12-13,18,20,22-23H,5,8-11,14-17,19H2,1H3,(H,36,37). The molecule has 8 heteroatoms. The molecule has 0 spiro atoms. The molecule has 1 saturated carbocycles. The molecule has 1 aliphatic carbocycles. The van der Waals surface area contributed by atoms with Crippen LogP contribution in [0.2, 0.25) is 0 Å². The van der Waals surface area contributed by atoms with Gasteiger partial charge in [0.1, 0.15) is 5.75 Å². The fourth-order valence-corrected chi connectivity index (χ4v) is 6.04. The van der Waals surface area contributed by atoms with E-state index in [1.165, 1.54) is 10.5 Å². The van der Waals surface area contributed by atoms with E-state index in [1.807, 2.05) is 19.1 Å². The molecule has 1 unspecified atom stereocenters. The summed E-state index contributed by atoms with van der Waals surface area (Å²) >= 11 is 0. The van der Waals surface area contributed by atoms with Crippen molar-refractivity contribution < 1.29 is 19.0 Å². The summed E-state index contributed by atoms with van der Waals surface area (Å²) in [5.74, 6) is 0.283. The van der Waals surface area contributed by atoms with Gasteiger partial charge < -0.3 is 9.84 Å². The number of rotatable bonds is 6. The van der Waals surface area contributed by atoms with Gasteiger partial charge >= 0.3 is 6.09 Å². The first-order chi connectivity index (χ1) is 18.5. The second-order valence-corrected chi connectivity index (χ2v) is 10.9. The number of hydrogen-bond donors (Lipinski definition) is 1. The molecule has 0 bridgehead atoms. The van der Waals surface area contributed by atoms with Gasteiger partial charge in [-0.15, -0.1) is 0 Å². The zero-order valence-electron chi connectivity index (χ0n) is 21.9. The summed E-state index contributed by atoms with van der Waals surface area (Å²) in [4.78, 5) is 15.9. The number of fused-ring (bicyclic) bond motifs is 1. The maximum absolute atomic E-state index is 16.0. The highest BCUT2D eigenvalue weighted by Crippen LogP contribution is 2.45. The number of halogens is 1. The van der Waals surface area contributed by atoms with Crippen LogP contribution in [0.1, 0.15) is 62.6 Å². The minimum Gasteiger partial charge on any atom is -0.489 e. The Morgan fingerprint density at radius 3 is 2.50 bits per heavy atom. The fraction of sp³-hybridized carbons (Fsp3) is 0.467. The number of carbonyl (C=O) groups is 1. The van der Waals surface area contributed by atoms with Crippen LogP contribution in [0.4, 0.5) is 14.9 Å². The van der Waals surface area contributed by atoms with E-state index >= 15 is 4.39 Å². The number of amides is 1. The Hall–Kier alpha value is -3.39. The van der Waals surface area contributed by atoms with Gasteiger partial charge in [-0.25, -0.2) is 9.48 Å². The van der Waals surface area contributed by atoms with Crippen molar-refractivity contribution in [2.45, 2.75) is 76.6 Å². The second-order valence-electron chi connectivity index (χ2n) is 10.9. The van der Waals surface area contributed by atoms with Crippen LogP contribution < -0.4 is 9.64 Å². The van der Waals surface area contributed by atoms with E-state index in [0.29, 0.717) is 35.4 Å². The lowest BCUT2D eigenvalue weighted by atomic mass is 9.91. The van der Waals surface area contributed by atoms with Crippen LogP contribution in [-0.2, 0) is 13.0 Å². The lowest BCUT2D eigenvalue weighted by Gasteiger charge is -2.36. The number of hydrogen-bond acceptors (Lipinski definition) is 4. The Morgan fingerprint density at radius 2 is 1.82 bits per heavy atom. The highest BCUT2D eigenvalue weighted by Gasteiger charge is 2.34. The maximum atomic E-state index is 16.0. The molecule has 3 aliphatic rings. The summed E-state index contributed by atoms with van der Waals surface area (Å²) in [5.41, 5.74) is 3.89. The molecular formula is C30H35FN4O3. The van der Waals surface area contributed by atoms with E-state index in [1.54, 1.807) is 16.9 Å². The van der Waals surface area contributed by atoms with Gasteiger partial charge in [-0.3, -0.25) is 9.80 Å². The molecule has 2 aromatic carbocycles. The summed E-state index contributed by atoms with van der Waals surface area (Å²) in [6.07, 6.45) is 6.85. The van der Waals surface area contributed by atoms with E-state index in [0.717, 1.165) is 57.3 Å². The Bertz CT molecular complexity index is 1300. The maximum Gasteiger partial charge on any atom is 0.412 e. The molecule has 7 nitrogen and oxygen atoms in total. The molecule has 1 atom stereocenters. The molecule has 38 heavy (non-hydrogen) atoms. The van der Waals surface area contributed by atoms with Gasteiger partial charge in [-0.05, 0) is 69.6 Å². The summed E-state index contributed by atoms with van der Waals surface area (Å²) in [7, 11) is 0. The summed E-state index contributed by atoms with van der Waals surface area (Å²) < 4.78 is 24.0. The van der Waals surface area contributed by atoms with Crippen molar-refractivity contribution in [3.05, 3.63) is 65.7 Å². The van der Waals surface area contributed by atoms with Crippen LogP contribution in [-0.4, -0.2) is 51.1 Å². The molecule has 1 aromatic heterocycles. The molecule has 2 fully saturated rings. The van der Waals surface area contributed by atoms with Crippen molar-refractivity contribution in [2.75, 3.05) is 18.0 Å². The number of anilines is 1. The lowest BCUT2D eigenvalue weighted by Crippen LogP contribution is -2.41. The van der Waals surface area contributed by atoms with Crippen LogP contribution in [0.3, 0.4) is 0 Å². The van der Waals surface area contributed by atoms with Crippen molar-refractivity contribution in [1.29, 1.82) is 0 Å². The molecule has 1 saturated heterocycles. The quantitative estimate of drug-likeness (QED) is 0.416. The molecule has 1 N–H and O–H groups in total. The first-order valence-corrected chi connectivity index (χ1v) is 13.8. The third kappa shape index (κ3) is 4.66. The zero-order chi connectivity index (χ0) is 26.2.